The highest BCUT2D eigenvalue weighted by Crippen LogP contribution is 2.18. The van der Waals surface area contributed by atoms with E-state index in [0.717, 1.165) is 27.5 Å². The van der Waals surface area contributed by atoms with Crippen molar-refractivity contribution in [2.24, 2.45) is 0 Å². The molecule has 0 fully saturated rings. The van der Waals surface area contributed by atoms with Crippen molar-refractivity contribution in [3.8, 4) is 0 Å². The average molecular weight is 405 g/mol. The Bertz CT molecular complexity index is 1280. The van der Waals surface area contributed by atoms with Gasteiger partial charge in [0, 0.05) is 36.6 Å². The zero-order valence-corrected chi connectivity index (χ0v) is 16.6. The van der Waals surface area contributed by atoms with Gasteiger partial charge in [0.05, 0.1) is 17.5 Å². The summed E-state index contributed by atoms with van der Waals surface area (Å²) in [5.41, 5.74) is 8.19. The van der Waals surface area contributed by atoms with E-state index in [2.05, 4.69) is 15.8 Å². The number of carbonyl (C=O) groups is 2. The van der Waals surface area contributed by atoms with E-state index >= 15 is 0 Å². The summed E-state index contributed by atoms with van der Waals surface area (Å²) in [6, 6.07) is 15.2. The first-order valence-corrected chi connectivity index (χ1v) is 9.89. The quantitative estimate of drug-likeness (QED) is 0.428. The Hall–Kier alpha value is -3.81. The second-order valence-electron chi connectivity index (χ2n) is 7.05. The number of hydrogen-bond acceptors (Lipinski definition) is 3. The number of carbonyl (C=O) groups excluding carboxylic acids is 2. The fraction of sp³-hybridized carbons (Fsp3) is 0.227. The fourth-order valence-corrected chi connectivity index (χ4v) is 3.70. The van der Waals surface area contributed by atoms with Crippen molar-refractivity contribution in [2.45, 2.75) is 32.9 Å². The molecule has 0 unspecified atom stereocenters. The molecule has 4 aromatic rings. The molecule has 8 heteroatoms. The molecular formula is C22H23N5O3. The Morgan fingerprint density at radius 2 is 1.60 bits per heavy atom. The Kier molecular flexibility index (Phi) is 5.38. The topological polar surface area (TPSA) is 101 Å². The molecular weight excluding hydrogens is 382 g/mol. The largest absolute Gasteiger partial charge is 0.361 e. The van der Waals surface area contributed by atoms with Crippen molar-refractivity contribution < 1.29 is 9.59 Å². The van der Waals surface area contributed by atoms with Crippen LogP contribution in [-0.2, 0) is 29.1 Å². The lowest BCUT2D eigenvalue weighted by atomic mass is 10.1. The molecule has 0 aliphatic heterocycles. The van der Waals surface area contributed by atoms with Crippen LogP contribution in [0.1, 0.15) is 18.9 Å². The van der Waals surface area contributed by atoms with Crippen LogP contribution in [0.4, 0.5) is 0 Å². The number of H-pyrrole nitrogens is 1. The SMILES string of the molecule is CCn1c(=O)n(CCC(=O)NNC(=O)Cc2c[nH]c3ccccc23)c2ccccc21. The predicted octanol–water partition coefficient (Wildman–Crippen LogP) is 2.08. The van der Waals surface area contributed by atoms with Crippen molar-refractivity contribution in [3.63, 3.8) is 0 Å². The highest BCUT2D eigenvalue weighted by Gasteiger charge is 2.13. The molecule has 0 saturated carbocycles. The number of aromatic amines is 1. The number of aromatic nitrogens is 3. The third kappa shape index (κ3) is 3.71. The Balaban J connectivity index is 1.34. The number of para-hydroxylation sites is 3. The van der Waals surface area contributed by atoms with E-state index in [9.17, 15) is 14.4 Å². The second-order valence-corrected chi connectivity index (χ2v) is 7.05. The van der Waals surface area contributed by atoms with Crippen LogP contribution in [0.2, 0.25) is 0 Å². The van der Waals surface area contributed by atoms with Crippen LogP contribution in [0.25, 0.3) is 21.9 Å². The number of amides is 2. The van der Waals surface area contributed by atoms with Crippen molar-refractivity contribution in [1.82, 2.24) is 25.0 Å². The highest BCUT2D eigenvalue weighted by molar-refractivity contribution is 5.89. The van der Waals surface area contributed by atoms with E-state index in [0.29, 0.717) is 6.54 Å². The van der Waals surface area contributed by atoms with E-state index in [-0.39, 0.29) is 36.9 Å². The van der Waals surface area contributed by atoms with Gasteiger partial charge >= 0.3 is 5.69 Å². The standard InChI is InChI=1S/C22H23N5O3/c1-2-26-18-9-5-6-10-19(18)27(22(26)30)12-11-20(28)24-25-21(29)13-15-14-23-17-8-4-3-7-16(15)17/h3-10,14,23H,2,11-13H2,1H3,(H,24,28)(H,25,29). The van der Waals surface area contributed by atoms with Crippen LogP contribution in [0.3, 0.4) is 0 Å². The van der Waals surface area contributed by atoms with Gasteiger partial charge in [-0.05, 0) is 30.7 Å². The van der Waals surface area contributed by atoms with Crippen LogP contribution >= 0.6 is 0 Å². The van der Waals surface area contributed by atoms with Crippen molar-refractivity contribution in [1.29, 1.82) is 0 Å². The minimum Gasteiger partial charge on any atom is -0.361 e. The van der Waals surface area contributed by atoms with Gasteiger partial charge in [0.2, 0.25) is 11.8 Å². The van der Waals surface area contributed by atoms with Gasteiger partial charge < -0.3 is 4.98 Å². The summed E-state index contributed by atoms with van der Waals surface area (Å²) in [4.78, 5) is 40.1. The summed E-state index contributed by atoms with van der Waals surface area (Å²) in [5, 5.41) is 0.977. The molecule has 8 nitrogen and oxygen atoms in total. The van der Waals surface area contributed by atoms with Gasteiger partial charge in [0.1, 0.15) is 0 Å². The summed E-state index contributed by atoms with van der Waals surface area (Å²) in [5.74, 6) is -0.671. The zero-order valence-electron chi connectivity index (χ0n) is 16.6. The second kappa shape index (κ2) is 8.28. The number of imidazole rings is 1. The smallest absolute Gasteiger partial charge is 0.329 e. The van der Waals surface area contributed by atoms with E-state index in [1.807, 2.05) is 55.5 Å². The van der Waals surface area contributed by atoms with E-state index in [1.165, 1.54) is 0 Å². The summed E-state index contributed by atoms with van der Waals surface area (Å²) in [6.45, 7) is 2.70. The zero-order chi connectivity index (χ0) is 21.1. The van der Waals surface area contributed by atoms with Crippen molar-refractivity contribution in [3.05, 3.63) is 70.8 Å². The van der Waals surface area contributed by atoms with Gasteiger partial charge in [0.15, 0.2) is 0 Å². The Morgan fingerprint density at radius 1 is 0.933 bits per heavy atom. The van der Waals surface area contributed by atoms with Gasteiger partial charge in [-0.25, -0.2) is 4.79 Å². The summed E-state index contributed by atoms with van der Waals surface area (Å²) in [7, 11) is 0. The Morgan fingerprint density at radius 3 is 2.37 bits per heavy atom. The monoisotopic (exact) mass is 405 g/mol. The average Bonchev–Trinajstić information content (AvgIpc) is 3.28. The van der Waals surface area contributed by atoms with E-state index < -0.39 is 0 Å². The maximum Gasteiger partial charge on any atom is 0.329 e. The predicted molar refractivity (Wildman–Crippen MR) is 115 cm³/mol. The van der Waals surface area contributed by atoms with Crippen molar-refractivity contribution >= 4 is 33.8 Å². The molecule has 2 aromatic carbocycles. The third-order valence-corrected chi connectivity index (χ3v) is 5.17. The summed E-state index contributed by atoms with van der Waals surface area (Å²) < 4.78 is 3.27. The number of fused-ring (bicyclic) bond motifs is 2. The van der Waals surface area contributed by atoms with Crippen LogP contribution in [0.15, 0.2) is 59.5 Å². The molecule has 3 N–H and O–H groups in total. The minimum atomic E-state index is -0.359. The molecule has 0 aliphatic rings. The number of nitrogens with zero attached hydrogens (tertiary/aromatic N) is 2. The van der Waals surface area contributed by atoms with Crippen molar-refractivity contribution in [2.75, 3.05) is 0 Å². The molecule has 30 heavy (non-hydrogen) atoms. The highest BCUT2D eigenvalue weighted by atomic mass is 16.2. The van der Waals surface area contributed by atoms with Crippen LogP contribution in [0.5, 0.6) is 0 Å². The lowest BCUT2D eigenvalue weighted by Gasteiger charge is -2.08. The molecule has 0 bridgehead atoms. The number of hydrazine groups is 1. The first-order chi connectivity index (χ1) is 14.6. The van der Waals surface area contributed by atoms with Gasteiger partial charge in [0.25, 0.3) is 0 Å². The van der Waals surface area contributed by atoms with E-state index in [1.54, 1.807) is 15.3 Å². The molecule has 2 amide bonds. The summed E-state index contributed by atoms with van der Waals surface area (Å²) >= 11 is 0. The molecule has 154 valence electrons. The van der Waals surface area contributed by atoms with Gasteiger partial charge in [-0.3, -0.25) is 29.6 Å². The minimum absolute atomic E-state index is 0.0744. The molecule has 4 rings (SSSR count). The number of nitrogens with one attached hydrogen (secondary N) is 3. The number of benzene rings is 2. The molecule has 0 atom stereocenters. The summed E-state index contributed by atoms with van der Waals surface area (Å²) in [6.07, 6.45) is 2.01. The van der Waals surface area contributed by atoms with Gasteiger partial charge in [-0.1, -0.05) is 30.3 Å². The third-order valence-electron chi connectivity index (χ3n) is 5.17. The van der Waals surface area contributed by atoms with Crippen LogP contribution < -0.4 is 16.5 Å². The molecule has 0 radical (unpaired) electrons. The first kappa shape index (κ1) is 19.5. The lowest BCUT2D eigenvalue weighted by molar-refractivity contribution is -0.128. The van der Waals surface area contributed by atoms with Crippen LogP contribution in [-0.4, -0.2) is 25.9 Å². The molecule has 2 heterocycles. The normalized spacial score (nSPS) is 11.1. The van der Waals surface area contributed by atoms with E-state index in [4.69, 9.17) is 0 Å². The Labute approximate surface area is 172 Å². The number of hydrogen-bond donors (Lipinski definition) is 3. The van der Waals surface area contributed by atoms with Crippen LogP contribution in [0, 0.1) is 0 Å². The lowest BCUT2D eigenvalue weighted by Crippen LogP contribution is -2.42. The maximum absolute atomic E-state index is 12.6. The van der Waals surface area contributed by atoms with Gasteiger partial charge in [-0.15, -0.1) is 0 Å². The molecule has 0 saturated heterocycles. The number of rotatable bonds is 6. The molecule has 0 spiro atoms. The fourth-order valence-electron chi connectivity index (χ4n) is 3.70. The molecule has 2 aromatic heterocycles. The molecule has 0 aliphatic carbocycles. The maximum atomic E-state index is 12.6. The number of aryl methyl sites for hydroxylation is 2. The van der Waals surface area contributed by atoms with Gasteiger partial charge in [-0.2, -0.15) is 0 Å². The first-order valence-electron chi connectivity index (χ1n) is 9.89.